The van der Waals surface area contributed by atoms with Gasteiger partial charge in [-0.25, -0.2) is 4.79 Å². The van der Waals surface area contributed by atoms with Gasteiger partial charge in [0.25, 0.3) is 5.91 Å². The zero-order valence-corrected chi connectivity index (χ0v) is 16.6. The van der Waals surface area contributed by atoms with Gasteiger partial charge in [-0.3, -0.25) is 9.69 Å². The number of nitrogens with one attached hydrogen (secondary N) is 2. The fraction of sp³-hybridized carbons (Fsp3) is 0.391. The summed E-state index contributed by atoms with van der Waals surface area (Å²) in [6, 6.07) is 17.9. The molecule has 0 unspecified atom stereocenters. The van der Waals surface area contributed by atoms with Crippen LogP contribution in [0.5, 0.6) is 0 Å². The molecule has 0 radical (unpaired) electrons. The van der Waals surface area contributed by atoms with Crippen LogP contribution >= 0.6 is 0 Å². The minimum absolute atomic E-state index is 0.0735. The number of piperazine rings is 1. The highest BCUT2D eigenvalue weighted by atomic mass is 16.2. The number of urea groups is 1. The molecule has 2 aliphatic rings. The van der Waals surface area contributed by atoms with Crippen LogP contribution in [0.3, 0.4) is 0 Å². The molecule has 0 spiro atoms. The Morgan fingerprint density at radius 1 is 0.931 bits per heavy atom. The first-order chi connectivity index (χ1) is 14.2. The van der Waals surface area contributed by atoms with E-state index < -0.39 is 0 Å². The zero-order valence-electron chi connectivity index (χ0n) is 16.6. The van der Waals surface area contributed by atoms with Crippen molar-refractivity contribution >= 4 is 17.6 Å². The molecule has 1 aliphatic heterocycles. The Morgan fingerprint density at radius 2 is 1.69 bits per heavy atom. The van der Waals surface area contributed by atoms with Crippen LogP contribution < -0.4 is 10.6 Å². The van der Waals surface area contributed by atoms with Gasteiger partial charge in [0.05, 0.1) is 0 Å². The average Bonchev–Trinajstić information content (AvgIpc) is 3.57. The summed E-state index contributed by atoms with van der Waals surface area (Å²) < 4.78 is 0. The van der Waals surface area contributed by atoms with Gasteiger partial charge in [-0.2, -0.15) is 0 Å². The number of benzene rings is 2. The van der Waals surface area contributed by atoms with Gasteiger partial charge in [-0.1, -0.05) is 36.4 Å². The first-order valence-corrected chi connectivity index (χ1v) is 10.4. The van der Waals surface area contributed by atoms with Gasteiger partial charge in [0.1, 0.15) is 0 Å². The molecule has 1 saturated carbocycles. The summed E-state index contributed by atoms with van der Waals surface area (Å²) in [4.78, 5) is 29.1. The summed E-state index contributed by atoms with van der Waals surface area (Å²) in [5.74, 6) is -0.0735. The third-order valence-electron chi connectivity index (χ3n) is 5.51. The van der Waals surface area contributed by atoms with Gasteiger partial charge < -0.3 is 15.5 Å². The van der Waals surface area contributed by atoms with Crippen molar-refractivity contribution in [3.8, 4) is 0 Å². The molecule has 0 aromatic heterocycles. The van der Waals surface area contributed by atoms with Crippen LogP contribution in [-0.2, 0) is 6.42 Å². The quantitative estimate of drug-likeness (QED) is 0.794. The second-order valence-electron chi connectivity index (χ2n) is 7.82. The third kappa shape index (κ3) is 5.57. The van der Waals surface area contributed by atoms with Crippen molar-refractivity contribution in [1.29, 1.82) is 0 Å². The Bertz CT molecular complexity index is 843. The van der Waals surface area contributed by atoms with Gasteiger partial charge in [-0.15, -0.1) is 0 Å². The van der Waals surface area contributed by atoms with E-state index in [1.165, 1.54) is 5.56 Å². The normalized spacial score (nSPS) is 17.0. The number of carbonyl (C=O) groups is 2. The highest BCUT2D eigenvalue weighted by Crippen LogP contribution is 2.20. The second kappa shape index (κ2) is 9.09. The molecule has 2 fully saturated rings. The van der Waals surface area contributed by atoms with Crippen molar-refractivity contribution in [1.82, 2.24) is 15.1 Å². The predicted molar refractivity (Wildman–Crippen MR) is 114 cm³/mol. The van der Waals surface area contributed by atoms with Gasteiger partial charge in [-0.05, 0) is 43.0 Å². The maximum Gasteiger partial charge on any atom is 0.321 e. The number of amides is 3. The fourth-order valence-electron chi connectivity index (χ4n) is 3.54. The first kappa shape index (κ1) is 19.5. The number of anilines is 1. The van der Waals surface area contributed by atoms with E-state index >= 15 is 0 Å². The number of carbonyl (C=O) groups excluding carboxylic acids is 2. The average molecular weight is 393 g/mol. The Kier molecular flexibility index (Phi) is 6.10. The molecule has 6 nitrogen and oxygen atoms in total. The monoisotopic (exact) mass is 392 g/mol. The van der Waals surface area contributed by atoms with Crippen LogP contribution in [0, 0.1) is 0 Å². The number of nitrogens with zero attached hydrogens (tertiary/aromatic N) is 2. The Balaban J connectivity index is 1.24. The summed E-state index contributed by atoms with van der Waals surface area (Å²) in [5.41, 5.74) is 2.59. The molecular weight excluding hydrogens is 364 g/mol. The smallest absolute Gasteiger partial charge is 0.321 e. The molecule has 6 heteroatoms. The Labute approximate surface area is 171 Å². The molecule has 2 N–H and O–H groups in total. The van der Waals surface area contributed by atoms with Crippen molar-refractivity contribution in [3.63, 3.8) is 0 Å². The largest absolute Gasteiger partial charge is 0.349 e. The van der Waals surface area contributed by atoms with Gasteiger partial charge in [0.2, 0.25) is 0 Å². The Morgan fingerprint density at radius 3 is 2.41 bits per heavy atom. The first-order valence-electron chi connectivity index (χ1n) is 10.4. The van der Waals surface area contributed by atoms with E-state index in [-0.39, 0.29) is 11.9 Å². The third-order valence-corrected chi connectivity index (χ3v) is 5.51. The molecule has 4 rings (SSSR count). The van der Waals surface area contributed by atoms with E-state index in [9.17, 15) is 9.59 Å². The standard InChI is InChI=1S/C23H28N4O2/c28-22(24-20-9-10-20)19-7-4-8-21(17-19)25-23(29)27-15-13-26(14-16-27)12-11-18-5-2-1-3-6-18/h1-8,17,20H,9-16H2,(H,24,28)(H,25,29). The van der Waals surface area contributed by atoms with Crippen molar-refractivity contribution < 1.29 is 9.59 Å². The van der Waals surface area contributed by atoms with Crippen LogP contribution in [-0.4, -0.2) is 60.5 Å². The number of rotatable bonds is 6. The molecule has 1 aliphatic carbocycles. The summed E-state index contributed by atoms with van der Waals surface area (Å²) in [6.07, 6.45) is 3.14. The maximum atomic E-state index is 12.6. The lowest BCUT2D eigenvalue weighted by Crippen LogP contribution is -2.50. The van der Waals surface area contributed by atoms with E-state index in [2.05, 4.69) is 39.8 Å². The zero-order chi connectivity index (χ0) is 20.1. The van der Waals surface area contributed by atoms with E-state index in [1.807, 2.05) is 17.0 Å². The van der Waals surface area contributed by atoms with E-state index in [0.717, 1.165) is 38.9 Å². The van der Waals surface area contributed by atoms with Gasteiger partial charge in [0, 0.05) is 50.0 Å². The van der Waals surface area contributed by atoms with Crippen LogP contribution in [0.4, 0.5) is 10.5 Å². The molecule has 0 bridgehead atoms. The second-order valence-corrected chi connectivity index (χ2v) is 7.82. The van der Waals surface area contributed by atoms with Crippen LogP contribution in [0.15, 0.2) is 54.6 Å². The number of hydrogen-bond donors (Lipinski definition) is 2. The molecule has 29 heavy (non-hydrogen) atoms. The minimum atomic E-state index is -0.104. The lowest BCUT2D eigenvalue weighted by Gasteiger charge is -2.34. The molecule has 0 atom stereocenters. The molecule has 2 aromatic rings. The lowest BCUT2D eigenvalue weighted by atomic mass is 10.1. The summed E-state index contributed by atoms with van der Waals surface area (Å²) in [7, 11) is 0. The van der Waals surface area contributed by atoms with Crippen molar-refractivity contribution in [2.45, 2.75) is 25.3 Å². The van der Waals surface area contributed by atoms with E-state index in [4.69, 9.17) is 0 Å². The minimum Gasteiger partial charge on any atom is -0.349 e. The molecule has 3 amide bonds. The topological polar surface area (TPSA) is 64.7 Å². The van der Waals surface area contributed by atoms with Gasteiger partial charge >= 0.3 is 6.03 Å². The number of hydrogen-bond acceptors (Lipinski definition) is 3. The van der Waals surface area contributed by atoms with Crippen LogP contribution in [0.1, 0.15) is 28.8 Å². The highest BCUT2D eigenvalue weighted by Gasteiger charge is 2.24. The molecule has 2 aromatic carbocycles. The fourth-order valence-corrected chi connectivity index (χ4v) is 3.54. The van der Waals surface area contributed by atoms with E-state index in [1.54, 1.807) is 18.2 Å². The summed E-state index contributed by atoms with van der Waals surface area (Å²) in [5, 5.41) is 5.91. The van der Waals surface area contributed by atoms with Crippen molar-refractivity contribution in [2.24, 2.45) is 0 Å². The summed E-state index contributed by atoms with van der Waals surface area (Å²) >= 11 is 0. The molecular formula is C23H28N4O2. The van der Waals surface area contributed by atoms with Gasteiger partial charge in [0.15, 0.2) is 0 Å². The lowest BCUT2D eigenvalue weighted by molar-refractivity contribution is 0.0951. The van der Waals surface area contributed by atoms with Crippen LogP contribution in [0.25, 0.3) is 0 Å². The highest BCUT2D eigenvalue weighted by molar-refractivity contribution is 5.97. The molecule has 1 heterocycles. The Hall–Kier alpha value is -2.86. The molecule has 1 saturated heterocycles. The maximum absolute atomic E-state index is 12.6. The van der Waals surface area contributed by atoms with E-state index in [0.29, 0.717) is 30.4 Å². The van der Waals surface area contributed by atoms with Crippen molar-refractivity contribution in [3.05, 3.63) is 65.7 Å². The SMILES string of the molecule is O=C(NC1CC1)c1cccc(NC(=O)N2CCN(CCc3ccccc3)CC2)c1. The van der Waals surface area contributed by atoms with Crippen LogP contribution in [0.2, 0.25) is 0 Å². The predicted octanol–water partition coefficient (Wildman–Crippen LogP) is 2.97. The molecule has 152 valence electrons. The van der Waals surface area contributed by atoms with Crippen molar-refractivity contribution in [2.75, 3.05) is 38.0 Å². The summed E-state index contributed by atoms with van der Waals surface area (Å²) in [6.45, 7) is 4.19.